The first-order chi connectivity index (χ1) is 8.56. The molecule has 2 aromatic heterocycles. The molecule has 0 bridgehead atoms. The van der Waals surface area contributed by atoms with Crippen LogP contribution in [-0.4, -0.2) is 15.4 Å². The fourth-order valence-corrected chi connectivity index (χ4v) is 2.57. The molecule has 2 heterocycles. The fraction of sp³-hybridized carbons (Fsp3) is 0.615. The fourth-order valence-electron chi connectivity index (χ4n) is 1.71. The van der Waals surface area contributed by atoms with Crippen LogP contribution < -0.4 is 0 Å². The Morgan fingerprint density at radius 2 is 2.06 bits per heavy atom. The molecule has 0 N–H and O–H groups in total. The largest absolute Gasteiger partial charge is 0.361 e. The van der Waals surface area contributed by atoms with Crippen molar-refractivity contribution in [2.45, 2.75) is 52.4 Å². The van der Waals surface area contributed by atoms with Crippen LogP contribution in [0.4, 0.5) is 0 Å². The summed E-state index contributed by atoms with van der Waals surface area (Å²) in [6.07, 6.45) is 1.98. The lowest BCUT2D eigenvalue weighted by atomic mass is 10.0. The number of rotatable bonds is 5. The van der Waals surface area contributed by atoms with Crippen LogP contribution >= 0.6 is 11.3 Å². The molecule has 0 saturated heterocycles. The highest BCUT2D eigenvalue weighted by Crippen LogP contribution is 2.24. The summed E-state index contributed by atoms with van der Waals surface area (Å²) >= 11 is 1.72. The third-order valence-corrected chi connectivity index (χ3v) is 4.20. The molecule has 1 atom stereocenters. The first kappa shape index (κ1) is 13.2. The summed E-state index contributed by atoms with van der Waals surface area (Å²) in [6, 6.07) is 2.00. The van der Waals surface area contributed by atoms with Gasteiger partial charge in [0, 0.05) is 24.3 Å². The Kier molecular flexibility index (Phi) is 4.11. The third-order valence-electron chi connectivity index (χ3n) is 2.92. The Balaban J connectivity index is 1.90. The van der Waals surface area contributed by atoms with E-state index in [1.54, 1.807) is 11.3 Å². The first-order valence-corrected chi connectivity index (χ1v) is 7.13. The molecule has 0 saturated carbocycles. The van der Waals surface area contributed by atoms with Gasteiger partial charge in [-0.05, 0) is 13.3 Å². The van der Waals surface area contributed by atoms with Crippen LogP contribution in [0.2, 0.25) is 0 Å². The van der Waals surface area contributed by atoms with Crippen LogP contribution in [0.25, 0.3) is 0 Å². The summed E-state index contributed by atoms with van der Waals surface area (Å²) in [5.74, 6) is 1.73. The lowest BCUT2D eigenvalue weighted by Crippen LogP contribution is -1.96. The Bertz CT molecular complexity index is 504. The monoisotopic (exact) mass is 265 g/mol. The molecule has 98 valence electrons. The van der Waals surface area contributed by atoms with E-state index >= 15 is 0 Å². The average molecular weight is 265 g/mol. The number of hydrogen-bond donors (Lipinski definition) is 0. The van der Waals surface area contributed by atoms with Crippen molar-refractivity contribution in [2.75, 3.05) is 0 Å². The van der Waals surface area contributed by atoms with Crippen molar-refractivity contribution < 1.29 is 4.52 Å². The third kappa shape index (κ3) is 3.16. The van der Waals surface area contributed by atoms with Gasteiger partial charge in [0.2, 0.25) is 0 Å². The van der Waals surface area contributed by atoms with Crippen molar-refractivity contribution in [3.63, 3.8) is 0 Å². The quantitative estimate of drug-likeness (QED) is 0.827. The van der Waals surface area contributed by atoms with Gasteiger partial charge in [-0.25, -0.2) is 0 Å². The molecule has 0 aliphatic carbocycles. The van der Waals surface area contributed by atoms with Gasteiger partial charge in [-0.1, -0.05) is 25.9 Å². The highest BCUT2D eigenvalue weighted by Gasteiger charge is 2.13. The maximum absolute atomic E-state index is 5.10. The zero-order valence-corrected chi connectivity index (χ0v) is 12.1. The molecule has 0 radical (unpaired) electrons. The van der Waals surface area contributed by atoms with Crippen LogP contribution in [0.1, 0.15) is 60.5 Å². The van der Waals surface area contributed by atoms with Crippen LogP contribution in [0.3, 0.4) is 0 Å². The standard InChI is InChI=1S/C13H19N3OS/c1-8(2)13-15-14-12(18-13)6-5-9(3)11-7-10(4)17-16-11/h7-9H,5-6H2,1-4H3. The lowest BCUT2D eigenvalue weighted by Gasteiger charge is -2.04. The van der Waals surface area contributed by atoms with Gasteiger partial charge in [-0.2, -0.15) is 0 Å². The van der Waals surface area contributed by atoms with E-state index in [2.05, 4.69) is 36.1 Å². The number of hydrogen-bond acceptors (Lipinski definition) is 5. The molecule has 0 amide bonds. The minimum absolute atomic E-state index is 0.397. The van der Waals surface area contributed by atoms with Crippen LogP contribution in [0.15, 0.2) is 10.6 Å². The summed E-state index contributed by atoms with van der Waals surface area (Å²) < 4.78 is 5.10. The summed E-state index contributed by atoms with van der Waals surface area (Å²) in [6.45, 7) is 8.38. The van der Waals surface area contributed by atoms with Crippen molar-refractivity contribution in [2.24, 2.45) is 0 Å². The van der Waals surface area contributed by atoms with E-state index in [9.17, 15) is 0 Å². The second-order valence-electron chi connectivity index (χ2n) is 4.99. The average Bonchev–Trinajstić information content (AvgIpc) is 2.94. The Morgan fingerprint density at radius 3 is 2.61 bits per heavy atom. The maximum Gasteiger partial charge on any atom is 0.133 e. The lowest BCUT2D eigenvalue weighted by molar-refractivity contribution is 0.385. The van der Waals surface area contributed by atoms with E-state index in [1.165, 1.54) is 0 Å². The Labute approximate surface area is 111 Å². The second-order valence-corrected chi connectivity index (χ2v) is 6.08. The predicted octanol–water partition coefficient (Wildman–Crippen LogP) is 3.69. The zero-order valence-electron chi connectivity index (χ0n) is 11.3. The van der Waals surface area contributed by atoms with Crippen molar-refractivity contribution in [3.05, 3.63) is 27.5 Å². The second kappa shape index (κ2) is 5.61. The molecule has 0 aliphatic heterocycles. The molecule has 2 aromatic rings. The molecule has 2 rings (SSSR count). The van der Waals surface area contributed by atoms with E-state index in [4.69, 9.17) is 4.52 Å². The van der Waals surface area contributed by atoms with Gasteiger partial charge >= 0.3 is 0 Å². The normalized spacial score (nSPS) is 13.2. The van der Waals surface area contributed by atoms with Crippen molar-refractivity contribution >= 4 is 11.3 Å². The smallest absolute Gasteiger partial charge is 0.133 e. The summed E-state index contributed by atoms with van der Waals surface area (Å²) in [5.41, 5.74) is 1.03. The van der Waals surface area contributed by atoms with Gasteiger partial charge < -0.3 is 4.52 Å². The molecule has 0 aliphatic rings. The first-order valence-electron chi connectivity index (χ1n) is 6.31. The van der Waals surface area contributed by atoms with Gasteiger partial charge in [0.15, 0.2) is 0 Å². The van der Waals surface area contributed by atoms with Gasteiger partial charge in [0.05, 0.1) is 5.69 Å². The van der Waals surface area contributed by atoms with E-state index in [0.717, 1.165) is 34.3 Å². The Morgan fingerprint density at radius 1 is 1.28 bits per heavy atom. The molecular weight excluding hydrogens is 246 g/mol. The van der Waals surface area contributed by atoms with Gasteiger partial charge in [0.25, 0.3) is 0 Å². The van der Waals surface area contributed by atoms with E-state index in [1.807, 2.05) is 13.0 Å². The predicted molar refractivity (Wildman–Crippen MR) is 72.0 cm³/mol. The minimum Gasteiger partial charge on any atom is -0.361 e. The van der Waals surface area contributed by atoms with E-state index in [-0.39, 0.29) is 0 Å². The molecule has 0 spiro atoms. The molecule has 5 heteroatoms. The van der Waals surface area contributed by atoms with Crippen LogP contribution in [0, 0.1) is 6.92 Å². The SMILES string of the molecule is Cc1cc(C(C)CCc2nnc(C(C)C)s2)no1. The van der Waals surface area contributed by atoms with Crippen LogP contribution in [-0.2, 0) is 6.42 Å². The van der Waals surface area contributed by atoms with Gasteiger partial charge in [-0.3, -0.25) is 0 Å². The zero-order chi connectivity index (χ0) is 13.1. The molecule has 0 fully saturated rings. The van der Waals surface area contributed by atoms with Gasteiger partial charge in [0.1, 0.15) is 15.8 Å². The summed E-state index contributed by atoms with van der Waals surface area (Å²) in [4.78, 5) is 0. The molecule has 18 heavy (non-hydrogen) atoms. The Hall–Kier alpha value is -1.23. The molecular formula is C13H19N3OS. The highest BCUT2D eigenvalue weighted by molar-refractivity contribution is 7.11. The van der Waals surface area contributed by atoms with Gasteiger partial charge in [-0.15, -0.1) is 21.5 Å². The van der Waals surface area contributed by atoms with E-state index < -0.39 is 0 Å². The molecule has 0 aromatic carbocycles. The van der Waals surface area contributed by atoms with Crippen molar-refractivity contribution in [1.82, 2.24) is 15.4 Å². The van der Waals surface area contributed by atoms with Crippen LogP contribution in [0.5, 0.6) is 0 Å². The number of aryl methyl sites for hydroxylation is 2. The summed E-state index contributed by atoms with van der Waals surface area (Å²) in [7, 11) is 0. The minimum atomic E-state index is 0.397. The summed E-state index contributed by atoms with van der Waals surface area (Å²) in [5, 5.41) is 14.7. The molecule has 4 nitrogen and oxygen atoms in total. The molecule has 1 unspecified atom stereocenters. The number of aromatic nitrogens is 3. The van der Waals surface area contributed by atoms with Crippen molar-refractivity contribution in [3.8, 4) is 0 Å². The van der Waals surface area contributed by atoms with Crippen molar-refractivity contribution in [1.29, 1.82) is 0 Å². The maximum atomic E-state index is 5.10. The number of nitrogens with zero attached hydrogens (tertiary/aromatic N) is 3. The highest BCUT2D eigenvalue weighted by atomic mass is 32.1. The topological polar surface area (TPSA) is 51.8 Å². The van der Waals surface area contributed by atoms with E-state index in [0.29, 0.717) is 11.8 Å².